The Morgan fingerprint density at radius 2 is 1.79 bits per heavy atom. The van der Waals surface area contributed by atoms with E-state index in [-0.39, 0.29) is 48.0 Å². The third kappa shape index (κ3) is 3.97. The van der Waals surface area contributed by atoms with Crippen LogP contribution < -0.4 is 9.47 Å². The van der Waals surface area contributed by atoms with Gasteiger partial charge in [-0.15, -0.1) is 0 Å². The van der Waals surface area contributed by atoms with Gasteiger partial charge < -0.3 is 19.1 Å². The van der Waals surface area contributed by atoms with Gasteiger partial charge in [0.2, 0.25) is 0 Å². The van der Waals surface area contributed by atoms with E-state index in [4.69, 9.17) is 14.2 Å². The van der Waals surface area contributed by atoms with Gasteiger partial charge in [0.05, 0.1) is 42.8 Å². The zero-order valence-electron chi connectivity index (χ0n) is 18.4. The van der Waals surface area contributed by atoms with E-state index in [1.54, 1.807) is 11.0 Å². The van der Waals surface area contributed by atoms with Gasteiger partial charge in [0, 0.05) is 23.1 Å². The summed E-state index contributed by atoms with van der Waals surface area (Å²) in [4.78, 5) is 39.9. The summed E-state index contributed by atoms with van der Waals surface area (Å²) in [5.74, 6) is -0.234. The Hall–Kier alpha value is -2.24. The molecule has 180 valence electrons. The van der Waals surface area contributed by atoms with Crippen LogP contribution in [0.2, 0.25) is 0 Å². The van der Waals surface area contributed by atoms with Crippen molar-refractivity contribution >= 4 is 55.8 Å². The molecule has 2 saturated heterocycles. The molecule has 2 heterocycles. The molecule has 2 aliphatic carbocycles. The monoisotopic (exact) mass is 595 g/mol. The number of ether oxygens (including phenoxy) is 3. The molecule has 0 aromatic heterocycles. The van der Waals surface area contributed by atoms with E-state index in [0.29, 0.717) is 52.3 Å². The van der Waals surface area contributed by atoms with Crippen molar-refractivity contribution in [2.75, 3.05) is 40.0 Å². The molecule has 3 fully saturated rings. The van der Waals surface area contributed by atoms with Crippen molar-refractivity contribution in [1.29, 1.82) is 0 Å². The molecule has 1 aromatic carbocycles. The van der Waals surface area contributed by atoms with Crippen LogP contribution in [-0.4, -0.2) is 73.9 Å². The summed E-state index contributed by atoms with van der Waals surface area (Å²) in [6, 6.07) is 1.67. The molecule has 4 aliphatic rings. The van der Waals surface area contributed by atoms with Crippen molar-refractivity contribution in [1.82, 2.24) is 9.91 Å². The number of amides is 3. The molecular weight excluding hydrogens is 574 g/mol. The molecule has 3 amide bonds. The fraction of sp³-hybridized carbons (Fsp3) is 0.478. The highest BCUT2D eigenvalue weighted by Gasteiger charge is 2.59. The number of morpholine rings is 1. The van der Waals surface area contributed by atoms with E-state index in [0.717, 1.165) is 11.4 Å². The van der Waals surface area contributed by atoms with E-state index in [2.05, 4.69) is 37.0 Å². The molecule has 2 bridgehead atoms. The lowest BCUT2D eigenvalue weighted by Crippen LogP contribution is -2.43. The number of nitrogens with zero attached hydrogens (tertiary/aromatic N) is 3. The van der Waals surface area contributed by atoms with Crippen LogP contribution in [0.4, 0.5) is 0 Å². The largest absolute Gasteiger partial charge is 0.493 e. The van der Waals surface area contributed by atoms with Crippen molar-refractivity contribution in [2.24, 2.45) is 28.8 Å². The number of halogens is 2. The number of rotatable bonds is 6. The highest BCUT2D eigenvalue weighted by molar-refractivity contribution is 9.13. The van der Waals surface area contributed by atoms with Gasteiger partial charge in [-0.1, -0.05) is 12.2 Å². The number of fused-ring (bicyclic) bond motifs is 5. The number of hydrogen-bond donors (Lipinski definition) is 0. The predicted octanol–water partition coefficient (Wildman–Crippen LogP) is 2.60. The zero-order chi connectivity index (χ0) is 24.0. The number of carbonyl (C=O) groups is 3. The Morgan fingerprint density at radius 1 is 1.15 bits per heavy atom. The second-order valence-corrected chi connectivity index (χ2v) is 10.2. The van der Waals surface area contributed by atoms with Gasteiger partial charge in [0.15, 0.2) is 18.1 Å². The van der Waals surface area contributed by atoms with Crippen LogP contribution in [-0.2, 0) is 19.1 Å². The molecule has 0 unspecified atom stereocenters. The maximum absolute atomic E-state index is 12.9. The summed E-state index contributed by atoms with van der Waals surface area (Å²) in [7, 11) is 1.49. The van der Waals surface area contributed by atoms with Crippen molar-refractivity contribution in [2.45, 2.75) is 6.42 Å². The molecule has 2 aliphatic heterocycles. The van der Waals surface area contributed by atoms with Gasteiger partial charge in [-0.25, -0.2) is 0 Å². The number of methoxy groups -OCH3 is 1. The van der Waals surface area contributed by atoms with Gasteiger partial charge in [0.25, 0.3) is 17.7 Å². The number of benzene rings is 1. The van der Waals surface area contributed by atoms with Crippen LogP contribution in [0.25, 0.3) is 0 Å². The molecule has 4 atom stereocenters. The second-order valence-electron chi connectivity index (χ2n) is 8.64. The smallest absolute Gasteiger partial charge is 0.260 e. The molecule has 0 N–H and O–H groups in total. The predicted molar refractivity (Wildman–Crippen MR) is 128 cm³/mol. The summed E-state index contributed by atoms with van der Waals surface area (Å²) in [5, 5.41) is 5.24. The van der Waals surface area contributed by atoms with Gasteiger partial charge >= 0.3 is 0 Å². The molecule has 0 spiro atoms. The zero-order valence-corrected chi connectivity index (χ0v) is 21.6. The molecule has 9 nitrogen and oxygen atoms in total. The summed E-state index contributed by atoms with van der Waals surface area (Å²) < 4.78 is 17.7. The summed E-state index contributed by atoms with van der Waals surface area (Å²) in [5.41, 5.74) is 0.578. The highest BCUT2D eigenvalue weighted by atomic mass is 79.9. The van der Waals surface area contributed by atoms with Crippen LogP contribution in [0.5, 0.6) is 11.5 Å². The van der Waals surface area contributed by atoms with Gasteiger partial charge in [-0.05, 0) is 56.2 Å². The minimum atomic E-state index is -0.302. The summed E-state index contributed by atoms with van der Waals surface area (Å²) in [6.45, 7) is 1.95. The molecule has 34 heavy (non-hydrogen) atoms. The Bertz CT molecular complexity index is 1070. The number of carbonyl (C=O) groups excluding carboxylic acids is 3. The first kappa shape index (κ1) is 23.5. The van der Waals surface area contributed by atoms with Crippen LogP contribution in [0.15, 0.2) is 32.3 Å². The number of hydrazone groups is 1. The Kier molecular flexibility index (Phi) is 6.51. The number of allylic oxidation sites excluding steroid dienone is 2. The Labute approximate surface area is 213 Å². The standard InChI is InChI=1S/C23H23Br2N3O6/c1-32-15-9-14(10-26-28-22(30)17-12-2-3-13(8-12)18(17)23(28)31)19(24)20(25)21(15)34-11-16(29)27-4-6-33-7-5-27/h2-3,9-10,12-13,17-18H,4-8,11H2,1H3/t12-,13-,17-,18+/m0/s1. The first-order valence-electron chi connectivity index (χ1n) is 11.0. The van der Waals surface area contributed by atoms with Gasteiger partial charge in [-0.3, -0.25) is 14.4 Å². The third-order valence-corrected chi connectivity index (χ3v) is 8.98. The molecule has 1 aromatic rings. The average Bonchev–Trinajstić information content (AvgIpc) is 3.54. The molecule has 11 heteroatoms. The number of hydrogen-bond acceptors (Lipinski definition) is 7. The third-order valence-electron chi connectivity index (χ3n) is 6.84. The maximum atomic E-state index is 12.9. The van der Waals surface area contributed by atoms with E-state index < -0.39 is 0 Å². The molecule has 1 saturated carbocycles. The SMILES string of the molecule is COc1cc(C=NN2C(=O)[C@@H]3[C@H](C2=O)[C@H]2C=C[C@H]3C2)c(Br)c(Br)c1OCC(=O)N1CCOCC1. The molecule has 0 radical (unpaired) electrons. The lowest BCUT2D eigenvalue weighted by molar-refractivity contribution is -0.140. The normalized spacial score (nSPS) is 27.7. The van der Waals surface area contributed by atoms with E-state index in [1.165, 1.54) is 13.3 Å². The van der Waals surface area contributed by atoms with Gasteiger partial charge in [0.1, 0.15) is 0 Å². The maximum Gasteiger partial charge on any atom is 0.260 e. The van der Waals surface area contributed by atoms with E-state index in [1.807, 2.05) is 12.2 Å². The molecule has 5 rings (SSSR count). The minimum Gasteiger partial charge on any atom is -0.493 e. The first-order valence-corrected chi connectivity index (χ1v) is 12.6. The lowest BCUT2D eigenvalue weighted by atomic mass is 9.85. The van der Waals surface area contributed by atoms with Crippen molar-refractivity contribution in [3.8, 4) is 11.5 Å². The topological polar surface area (TPSA) is 97.7 Å². The molecular formula is C23H23Br2N3O6. The quantitative estimate of drug-likeness (QED) is 0.284. The van der Waals surface area contributed by atoms with Crippen LogP contribution >= 0.6 is 31.9 Å². The van der Waals surface area contributed by atoms with E-state index in [9.17, 15) is 14.4 Å². The fourth-order valence-electron chi connectivity index (χ4n) is 5.14. The second kappa shape index (κ2) is 9.43. The Morgan fingerprint density at radius 3 is 2.41 bits per heavy atom. The van der Waals surface area contributed by atoms with Crippen molar-refractivity contribution < 1.29 is 28.6 Å². The van der Waals surface area contributed by atoms with Crippen LogP contribution in [0.3, 0.4) is 0 Å². The summed E-state index contributed by atoms with van der Waals surface area (Å²) in [6.07, 6.45) is 6.42. The lowest BCUT2D eigenvalue weighted by Gasteiger charge is -2.27. The first-order chi connectivity index (χ1) is 16.4. The van der Waals surface area contributed by atoms with E-state index >= 15 is 0 Å². The van der Waals surface area contributed by atoms with Crippen LogP contribution in [0.1, 0.15) is 12.0 Å². The number of imide groups is 1. The summed E-state index contributed by atoms with van der Waals surface area (Å²) >= 11 is 7.01. The van der Waals surface area contributed by atoms with Crippen molar-refractivity contribution in [3.05, 3.63) is 32.7 Å². The highest BCUT2D eigenvalue weighted by Crippen LogP contribution is 2.52. The average molecular weight is 597 g/mol. The fourth-order valence-corrected chi connectivity index (χ4v) is 6.08. The van der Waals surface area contributed by atoms with Crippen molar-refractivity contribution in [3.63, 3.8) is 0 Å². The Balaban J connectivity index is 1.32. The van der Waals surface area contributed by atoms with Gasteiger partial charge in [-0.2, -0.15) is 10.1 Å². The van der Waals surface area contributed by atoms with Crippen LogP contribution in [0, 0.1) is 23.7 Å². The minimum absolute atomic E-state index is 0.129.